The van der Waals surface area contributed by atoms with Crippen molar-refractivity contribution < 1.29 is 14.3 Å². The lowest BCUT2D eigenvalue weighted by molar-refractivity contribution is -0.157. The molecule has 0 aromatic carbocycles. The maximum absolute atomic E-state index is 12.5. The lowest BCUT2D eigenvalue weighted by Gasteiger charge is -2.34. The molecular weight excluding hydrogens is 344 g/mol. The summed E-state index contributed by atoms with van der Waals surface area (Å²) in [5.41, 5.74) is 0. The number of nitrogens with zero attached hydrogens (tertiary/aromatic N) is 4. The van der Waals surface area contributed by atoms with Crippen LogP contribution in [0.15, 0.2) is 18.5 Å². The summed E-state index contributed by atoms with van der Waals surface area (Å²) >= 11 is 0. The van der Waals surface area contributed by atoms with Gasteiger partial charge in [0.05, 0.1) is 5.92 Å². The predicted molar refractivity (Wildman–Crippen MR) is 102 cm³/mol. The van der Waals surface area contributed by atoms with E-state index < -0.39 is 0 Å². The Labute approximate surface area is 161 Å². The second-order valence-electron chi connectivity index (χ2n) is 7.39. The van der Waals surface area contributed by atoms with Gasteiger partial charge in [0.25, 0.3) is 5.91 Å². The van der Waals surface area contributed by atoms with E-state index in [9.17, 15) is 9.59 Å². The van der Waals surface area contributed by atoms with Crippen molar-refractivity contribution in [2.24, 2.45) is 5.92 Å². The van der Waals surface area contributed by atoms with Crippen molar-refractivity contribution in [3.8, 4) is 0 Å². The summed E-state index contributed by atoms with van der Waals surface area (Å²) in [6.07, 6.45) is 10.6. The molecule has 7 heteroatoms. The first-order valence-electron chi connectivity index (χ1n) is 10.2. The molecule has 1 aromatic heterocycles. The third-order valence-corrected chi connectivity index (χ3v) is 5.68. The monoisotopic (exact) mass is 374 g/mol. The summed E-state index contributed by atoms with van der Waals surface area (Å²) in [6.45, 7) is 3.99. The Kier molecular flexibility index (Phi) is 7.01. The van der Waals surface area contributed by atoms with Gasteiger partial charge < -0.3 is 14.5 Å². The van der Waals surface area contributed by atoms with Crippen LogP contribution < -0.4 is 4.90 Å². The number of ether oxygens (including phenoxy) is 1. The zero-order chi connectivity index (χ0) is 19.1. The van der Waals surface area contributed by atoms with Crippen molar-refractivity contribution in [1.29, 1.82) is 0 Å². The molecule has 0 bridgehead atoms. The number of amides is 1. The van der Waals surface area contributed by atoms with E-state index in [0.717, 1.165) is 25.9 Å². The standard InChI is InChI=1S/C20H30N4O3/c1-2-24(17-7-4-3-5-8-17)18(25)15-27-19(26)16-9-13-23(14-10-16)20-21-11-6-12-22-20/h6,11-12,16-17H,2-5,7-10,13-15H2,1H3. The van der Waals surface area contributed by atoms with Crippen LogP contribution in [0.1, 0.15) is 51.9 Å². The molecule has 2 heterocycles. The molecule has 0 unspecified atom stereocenters. The van der Waals surface area contributed by atoms with Gasteiger partial charge in [-0.1, -0.05) is 19.3 Å². The van der Waals surface area contributed by atoms with Crippen LogP contribution in [0.5, 0.6) is 0 Å². The number of esters is 1. The zero-order valence-corrected chi connectivity index (χ0v) is 16.2. The highest BCUT2D eigenvalue weighted by Gasteiger charge is 2.29. The van der Waals surface area contributed by atoms with Crippen LogP contribution in [-0.4, -0.2) is 59.0 Å². The molecular formula is C20H30N4O3. The number of carbonyl (C=O) groups is 2. The van der Waals surface area contributed by atoms with Crippen molar-refractivity contribution >= 4 is 17.8 Å². The molecule has 1 aromatic rings. The average Bonchev–Trinajstić information content (AvgIpc) is 2.74. The van der Waals surface area contributed by atoms with Crippen LogP contribution in [0, 0.1) is 5.92 Å². The molecule has 0 atom stereocenters. The smallest absolute Gasteiger partial charge is 0.309 e. The molecule has 0 spiro atoms. The topological polar surface area (TPSA) is 75.6 Å². The summed E-state index contributed by atoms with van der Waals surface area (Å²) < 4.78 is 5.38. The first kappa shape index (κ1) is 19.6. The van der Waals surface area contributed by atoms with Crippen molar-refractivity contribution in [2.45, 2.75) is 57.9 Å². The molecule has 27 heavy (non-hydrogen) atoms. The highest BCUT2D eigenvalue weighted by atomic mass is 16.5. The number of piperidine rings is 1. The summed E-state index contributed by atoms with van der Waals surface area (Å²) in [5, 5.41) is 0. The second-order valence-corrected chi connectivity index (χ2v) is 7.39. The quantitative estimate of drug-likeness (QED) is 0.712. The van der Waals surface area contributed by atoms with Gasteiger partial charge in [0.15, 0.2) is 6.61 Å². The normalized spacial score (nSPS) is 18.9. The maximum Gasteiger partial charge on any atom is 0.309 e. The van der Waals surface area contributed by atoms with E-state index in [1.807, 2.05) is 11.8 Å². The van der Waals surface area contributed by atoms with Crippen LogP contribution >= 0.6 is 0 Å². The summed E-state index contributed by atoms with van der Waals surface area (Å²) in [5.74, 6) is 0.234. The van der Waals surface area contributed by atoms with Crippen LogP contribution in [0.25, 0.3) is 0 Å². The highest BCUT2D eigenvalue weighted by Crippen LogP contribution is 2.23. The summed E-state index contributed by atoms with van der Waals surface area (Å²) in [7, 11) is 0. The first-order chi connectivity index (χ1) is 13.2. The van der Waals surface area contributed by atoms with Crippen molar-refractivity contribution in [1.82, 2.24) is 14.9 Å². The summed E-state index contributed by atoms with van der Waals surface area (Å²) in [4.78, 5) is 37.4. The van der Waals surface area contributed by atoms with Gasteiger partial charge >= 0.3 is 5.97 Å². The maximum atomic E-state index is 12.5. The molecule has 2 aliphatic rings. The van der Waals surface area contributed by atoms with Gasteiger partial charge in [0, 0.05) is 38.1 Å². The van der Waals surface area contributed by atoms with E-state index in [1.54, 1.807) is 18.5 Å². The zero-order valence-electron chi connectivity index (χ0n) is 16.2. The van der Waals surface area contributed by atoms with Gasteiger partial charge in [-0.3, -0.25) is 9.59 Å². The largest absolute Gasteiger partial charge is 0.455 e. The first-order valence-corrected chi connectivity index (χ1v) is 10.2. The van der Waals surface area contributed by atoms with E-state index in [1.165, 1.54) is 19.3 Å². The number of hydrogen-bond donors (Lipinski definition) is 0. The number of anilines is 1. The van der Waals surface area contributed by atoms with Crippen LogP contribution in [0.4, 0.5) is 5.95 Å². The molecule has 2 fully saturated rings. The van der Waals surface area contributed by atoms with Crippen LogP contribution in [0.2, 0.25) is 0 Å². The lowest BCUT2D eigenvalue weighted by Crippen LogP contribution is -2.44. The van der Waals surface area contributed by atoms with E-state index >= 15 is 0 Å². The molecule has 1 amide bonds. The molecule has 0 N–H and O–H groups in total. The summed E-state index contributed by atoms with van der Waals surface area (Å²) in [6, 6.07) is 2.10. The minimum Gasteiger partial charge on any atom is -0.455 e. The van der Waals surface area contributed by atoms with Crippen molar-refractivity contribution in [2.75, 3.05) is 31.1 Å². The minimum atomic E-state index is -0.253. The number of carbonyl (C=O) groups excluding carboxylic acids is 2. The van der Waals surface area contributed by atoms with Crippen molar-refractivity contribution in [3.63, 3.8) is 0 Å². The Balaban J connectivity index is 1.43. The Hall–Kier alpha value is -2.18. The molecule has 148 valence electrons. The molecule has 7 nitrogen and oxygen atoms in total. The van der Waals surface area contributed by atoms with Gasteiger partial charge in [-0.15, -0.1) is 0 Å². The average molecular weight is 374 g/mol. The minimum absolute atomic E-state index is 0.0622. The number of likely N-dealkylation sites (N-methyl/N-ethyl adjacent to an activating group) is 1. The Bertz CT molecular complexity index is 611. The molecule has 1 aliphatic heterocycles. The molecule has 0 radical (unpaired) electrons. The fourth-order valence-corrected chi connectivity index (χ4v) is 4.13. The second kappa shape index (κ2) is 9.67. The molecule has 3 rings (SSSR count). The fraction of sp³-hybridized carbons (Fsp3) is 0.700. The number of hydrogen-bond acceptors (Lipinski definition) is 6. The predicted octanol–water partition coefficient (Wildman–Crippen LogP) is 2.42. The Morgan fingerprint density at radius 1 is 1.11 bits per heavy atom. The van der Waals surface area contributed by atoms with E-state index in [2.05, 4.69) is 14.9 Å². The van der Waals surface area contributed by atoms with E-state index in [0.29, 0.717) is 31.4 Å². The molecule has 1 saturated heterocycles. The van der Waals surface area contributed by atoms with Gasteiger partial charge in [-0.05, 0) is 38.7 Å². The van der Waals surface area contributed by atoms with Crippen LogP contribution in [0.3, 0.4) is 0 Å². The lowest BCUT2D eigenvalue weighted by atomic mass is 9.94. The Morgan fingerprint density at radius 3 is 2.41 bits per heavy atom. The third-order valence-electron chi connectivity index (χ3n) is 5.68. The van der Waals surface area contributed by atoms with Gasteiger partial charge in [-0.25, -0.2) is 9.97 Å². The molecule has 1 saturated carbocycles. The number of rotatable bonds is 6. The molecule has 1 aliphatic carbocycles. The van der Waals surface area contributed by atoms with Gasteiger partial charge in [0.1, 0.15) is 0 Å². The Morgan fingerprint density at radius 2 is 1.78 bits per heavy atom. The van der Waals surface area contributed by atoms with Crippen LogP contribution in [-0.2, 0) is 14.3 Å². The third kappa shape index (κ3) is 5.17. The highest BCUT2D eigenvalue weighted by molar-refractivity contribution is 5.81. The SMILES string of the molecule is CCN(C(=O)COC(=O)C1CCN(c2ncccn2)CC1)C1CCCCC1. The van der Waals surface area contributed by atoms with Gasteiger partial charge in [0.2, 0.25) is 5.95 Å². The van der Waals surface area contributed by atoms with Crippen molar-refractivity contribution in [3.05, 3.63) is 18.5 Å². The number of aromatic nitrogens is 2. The van der Waals surface area contributed by atoms with Gasteiger partial charge in [-0.2, -0.15) is 0 Å². The van der Waals surface area contributed by atoms with E-state index in [-0.39, 0.29) is 24.4 Å². The van der Waals surface area contributed by atoms with E-state index in [4.69, 9.17) is 4.74 Å². The fourth-order valence-electron chi connectivity index (χ4n) is 4.13.